The van der Waals surface area contributed by atoms with Crippen LogP contribution >= 0.6 is 0 Å². The van der Waals surface area contributed by atoms with Crippen LogP contribution in [-0.4, -0.2) is 42.9 Å². The van der Waals surface area contributed by atoms with Gasteiger partial charge in [0.05, 0.1) is 6.61 Å². The lowest BCUT2D eigenvalue weighted by molar-refractivity contribution is 0.139. The Balaban J connectivity index is 2.08. The van der Waals surface area contributed by atoms with Crippen molar-refractivity contribution in [2.45, 2.75) is 25.4 Å². The number of aliphatic hydroxyl groups is 1. The van der Waals surface area contributed by atoms with E-state index < -0.39 is 0 Å². The van der Waals surface area contributed by atoms with E-state index in [-0.39, 0.29) is 12.4 Å². The minimum absolute atomic E-state index is 0.214. The molecule has 20 heavy (non-hydrogen) atoms. The maximum Gasteiger partial charge on any atom is 0.124 e. The van der Waals surface area contributed by atoms with Crippen LogP contribution in [-0.2, 0) is 11.3 Å². The number of halogens is 1. The molecule has 0 aliphatic heterocycles. The molecule has 0 bridgehead atoms. The first-order valence-electron chi connectivity index (χ1n) is 6.85. The smallest absolute Gasteiger partial charge is 0.124 e. The second-order valence-electron chi connectivity index (χ2n) is 5.00. The summed E-state index contributed by atoms with van der Waals surface area (Å²) in [6, 6.07) is 5.42. The van der Waals surface area contributed by atoms with Crippen molar-refractivity contribution in [3.63, 3.8) is 0 Å². The Labute approximate surface area is 119 Å². The first-order valence-corrected chi connectivity index (χ1v) is 6.85. The largest absolute Gasteiger partial charge is 0.384 e. The van der Waals surface area contributed by atoms with E-state index in [1.807, 2.05) is 6.07 Å². The SMILES string of the molecule is COCCN(Cc1cc(F)cc(C#CCO)c1)C1CC1. The molecule has 0 aromatic heterocycles. The summed E-state index contributed by atoms with van der Waals surface area (Å²) in [4.78, 5) is 2.32. The van der Waals surface area contributed by atoms with E-state index >= 15 is 0 Å². The number of methoxy groups -OCH3 is 1. The van der Waals surface area contributed by atoms with Crippen LogP contribution in [0.3, 0.4) is 0 Å². The lowest BCUT2D eigenvalue weighted by Crippen LogP contribution is -2.29. The molecule has 3 nitrogen and oxygen atoms in total. The number of hydrogen-bond donors (Lipinski definition) is 1. The third-order valence-electron chi connectivity index (χ3n) is 3.30. The predicted octanol–water partition coefficient (Wildman–Crippen LogP) is 1.78. The van der Waals surface area contributed by atoms with Crippen LogP contribution in [0.2, 0.25) is 0 Å². The highest BCUT2D eigenvalue weighted by Crippen LogP contribution is 2.28. The van der Waals surface area contributed by atoms with Gasteiger partial charge >= 0.3 is 0 Å². The standard InChI is InChI=1S/C16H20FNO2/c1-20-8-6-18(16-4-5-16)12-14-9-13(3-2-7-19)10-15(17)11-14/h9-11,16,19H,4-8,12H2,1H3. The molecule has 108 valence electrons. The third kappa shape index (κ3) is 4.61. The van der Waals surface area contributed by atoms with Gasteiger partial charge < -0.3 is 9.84 Å². The molecule has 4 heteroatoms. The summed E-state index contributed by atoms with van der Waals surface area (Å²) >= 11 is 0. The fraction of sp³-hybridized carbons (Fsp3) is 0.500. The van der Waals surface area contributed by atoms with Crippen LogP contribution in [0.5, 0.6) is 0 Å². The third-order valence-corrected chi connectivity index (χ3v) is 3.30. The van der Waals surface area contributed by atoms with E-state index in [0.717, 1.165) is 12.1 Å². The molecule has 1 saturated carbocycles. The van der Waals surface area contributed by atoms with Crippen molar-refractivity contribution in [1.29, 1.82) is 0 Å². The second-order valence-corrected chi connectivity index (χ2v) is 5.00. The number of benzene rings is 1. The quantitative estimate of drug-likeness (QED) is 0.805. The fourth-order valence-corrected chi connectivity index (χ4v) is 2.23. The molecule has 1 aromatic rings. The Kier molecular flexibility index (Phi) is 5.54. The molecule has 1 aliphatic rings. The Morgan fingerprint density at radius 2 is 2.20 bits per heavy atom. The van der Waals surface area contributed by atoms with E-state index in [9.17, 15) is 4.39 Å². The molecule has 1 aliphatic carbocycles. The molecule has 0 atom stereocenters. The summed E-state index contributed by atoms with van der Waals surface area (Å²) in [5.41, 5.74) is 1.52. The average molecular weight is 277 g/mol. The zero-order chi connectivity index (χ0) is 14.4. The molecule has 2 rings (SSSR count). The van der Waals surface area contributed by atoms with Gasteiger partial charge in [-0.15, -0.1) is 0 Å². The zero-order valence-electron chi connectivity index (χ0n) is 11.7. The molecule has 0 unspecified atom stereocenters. The normalized spacial score (nSPS) is 14.2. The number of ether oxygens (including phenoxy) is 1. The highest BCUT2D eigenvalue weighted by molar-refractivity contribution is 5.37. The molecule has 1 aromatic carbocycles. The van der Waals surface area contributed by atoms with Crippen molar-refractivity contribution in [3.8, 4) is 11.8 Å². The molecule has 1 N–H and O–H groups in total. The lowest BCUT2D eigenvalue weighted by atomic mass is 10.1. The summed E-state index contributed by atoms with van der Waals surface area (Å²) in [6.07, 6.45) is 2.41. The van der Waals surface area contributed by atoms with Crippen molar-refractivity contribution in [3.05, 3.63) is 35.1 Å². The molecular weight excluding hydrogens is 257 g/mol. The van der Waals surface area contributed by atoms with Crippen LogP contribution in [0.4, 0.5) is 4.39 Å². The molecule has 0 amide bonds. The summed E-state index contributed by atoms with van der Waals surface area (Å²) in [6.45, 7) is 2.03. The minimum atomic E-state index is -0.285. The maximum absolute atomic E-state index is 13.6. The van der Waals surface area contributed by atoms with Gasteiger partial charge in [-0.1, -0.05) is 11.8 Å². The Hall–Kier alpha value is -1.41. The van der Waals surface area contributed by atoms with Gasteiger partial charge in [0.1, 0.15) is 12.4 Å². The van der Waals surface area contributed by atoms with Crippen LogP contribution in [0.15, 0.2) is 18.2 Å². The Bertz CT molecular complexity index is 503. The second kappa shape index (κ2) is 7.39. The topological polar surface area (TPSA) is 32.7 Å². The van der Waals surface area contributed by atoms with Crippen molar-refractivity contribution in [1.82, 2.24) is 4.90 Å². The lowest BCUT2D eigenvalue weighted by Gasteiger charge is -2.21. The van der Waals surface area contributed by atoms with Crippen molar-refractivity contribution >= 4 is 0 Å². The fourth-order valence-electron chi connectivity index (χ4n) is 2.23. The summed E-state index contributed by atoms with van der Waals surface area (Å²) in [5, 5.41) is 8.70. The first kappa shape index (κ1) is 15.0. The molecular formula is C16H20FNO2. The minimum Gasteiger partial charge on any atom is -0.384 e. The van der Waals surface area contributed by atoms with Crippen molar-refractivity contribution < 1.29 is 14.2 Å². The van der Waals surface area contributed by atoms with Crippen LogP contribution in [0.25, 0.3) is 0 Å². The van der Waals surface area contributed by atoms with Gasteiger partial charge in [-0.25, -0.2) is 4.39 Å². The van der Waals surface area contributed by atoms with Gasteiger partial charge in [-0.2, -0.15) is 0 Å². The van der Waals surface area contributed by atoms with E-state index in [2.05, 4.69) is 16.7 Å². The van der Waals surface area contributed by atoms with Crippen LogP contribution in [0.1, 0.15) is 24.0 Å². The first-order chi connectivity index (χ1) is 9.72. The molecule has 0 saturated heterocycles. The number of nitrogens with zero attached hydrogens (tertiary/aromatic N) is 1. The molecule has 0 radical (unpaired) electrons. The maximum atomic E-state index is 13.6. The molecule has 0 heterocycles. The number of aliphatic hydroxyl groups excluding tert-OH is 1. The summed E-state index contributed by atoms with van der Waals surface area (Å²) < 4.78 is 18.7. The summed E-state index contributed by atoms with van der Waals surface area (Å²) in [7, 11) is 1.69. The zero-order valence-corrected chi connectivity index (χ0v) is 11.7. The summed E-state index contributed by atoms with van der Waals surface area (Å²) in [5.74, 6) is 5.02. The van der Waals surface area contributed by atoms with E-state index in [1.165, 1.54) is 18.9 Å². The van der Waals surface area contributed by atoms with Crippen LogP contribution in [0, 0.1) is 17.7 Å². The van der Waals surface area contributed by atoms with Gasteiger partial charge in [-0.05, 0) is 36.6 Å². The molecule has 1 fully saturated rings. The highest BCUT2D eigenvalue weighted by Gasteiger charge is 2.28. The van der Waals surface area contributed by atoms with E-state index in [0.29, 0.717) is 24.8 Å². The van der Waals surface area contributed by atoms with Gasteiger partial charge in [0.2, 0.25) is 0 Å². The van der Waals surface area contributed by atoms with Gasteiger partial charge in [0, 0.05) is 31.8 Å². The predicted molar refractivity (Wildman–Crippen MR) is 75.7 cm³/mol. The Morgan fingerprint density at radius 3 is 2.85 bits per heavy atom. The van der Waals surface area contributed by atoms with E-state index in [4.69, 9.17) is 9.84 Å². The number of rotatable bonds is 6. The number of hydrogen-bond acceptors (Lipinski definition) is 3. The molecule has 0 spiro atoms. The van der Waals surface area contributed by atoms with Crippen LogP contribution < -0.4 is 0 Å². The van der Waals surface area contributed by atoms with Crippen molar-refractivity contribution in [2.75, 3.05) is 26.9 Å². The average Bonchev–Trinajstić information content (AvgIpc) is 3.25. The van der Waals surface area contributed by atoms with Crippen molar-refractivity contribution in [2.24, 2.45) is 0 Å². The monoisotopic (exact) mass is 277 g/mol. The van der Waals surface area contributed by atoms with Gasteiger partial charge in [0.15, 0.2) is 0 Å². The Morgan fingerprint density at radius 1 is 1.40 bits per heavy atom. The van der Waals surface area contributed by atoms with Gasteiger partial charge in [0.25, 0.3) is 0 Å². The van der Waals surface area contributed by atoms with Gasteiger partial charge in [-0.3, -0.25) is 4.90 Å². The highest BCUT2D eigenvalue weighted by atomic mass is 19.1. The van der Waals surface area contributed by atoms with E-state index in [1.54, 1.807) is 13.2 Å².